The first-order valence-electron chi connectivity index (χ1n) is 10.4. The van der Waals surface area contributed by atoms with Crippen LogP contribution in [-0.4, -0.2) is 22.1 Å². The molecule has 3 aliphatic heterocycles. The number of ether oxygens (including phenoxy) is 1. The van der Waals surface area contributed by atoms with Crippen molar-refractivity contribution in [3.63, 3.8) is 0 Å². The first kappa shape index (κ1) is 19.7. The van der Waals surface area contributed by atoms with Crippen LogP contribution in [0, 0.1) is 6.92 Å². The molecule has 3 rings (SSSR count). The highest BCUT2D eigenvalue weighted by molar-refractivity contribution is 5.94. The molecular formula is C23H32N2O2. The van der Waals surface area contributed by atoms with Crippen molar-refractivity contribution >= 4 is 11.5 Å². The first-order valence-corrected chi connectivity index (χ1v) is 10.4. The summed E-state index contributed by atoms with van der Waals surface area (Å²) in [6.07, 6.45) is 7.32. The van der Waals surface area contributed by atoms with E-state index in [1.165, 1.54) is 54.6 Å². The summed E-state index contributed by atoms with van der Waals surface area (Å²) in [6.45, 7) is 11.8. The number of hydrogen-bond donors (Lipinski definition) is 0. The molecule has 0 saturated carbocycles. The van der Waals surface area contributed by atoms with Gasteiger partial charge in [0.25, 0.3) is 0 Å². The number of nitrogens with zero attached hydrogens (tertiary/aromatic N) is 2. The maximum absolute atomic E-state index is 12.3. The molecule has 4 nitrogen and oxygen atoms in total. The van der Waals surface area contributed by atoms with Gasteiger partial charge in [-0.2, -0.15) is 0 Å². The zero-order valence-electron chi connectivity index (χ0n) is 17.4. The Morgan fingerprint density at radius 2 is 1.89 bits per heavy atom. The fraction of sp³-hybridized carbons (Fsp3) is 0.565. The predicted molar refractivity (Wildman–Crippen MR) is 110 cm³/mol. The maximum atomic E-state index is 12.3. The van der Waals surface area contributed by atoms with E-state index in [0.29, 0.717) is 12.3 Å². The van der Waals surface area contributed by atoms with Crippen LogP contribution >= 0.6 is 0 Å². The molecule has 0 radical (unpaired) electrons. The standard InChI is InChI=1S/C23H32N2O2/c1-6-8-9-10-11-12-19-21-17(5)22(23(26)27-7-2)24-18(21)13-20-16(4)15(3)14-25(19)20/h13H,6-12,14H2,1-5H3. The summed E-state index contributed by atoms with van der Waals surface area (Å²) >= 11 is 0. The Labute approximate surface area is 163 Å². The van der Waals surface area contributed by atoms with Crippen LogP contribution in [-0.2, 0) is 17.7 Å². The number of aromatic nitrogens is 2. The van der Waals surface area contributed by atoms with Gasteiger partial charge >= 0.3 is 5.97 Å². The lowest BCUT2D eigenvalue weighted by Crippen LogP contribution is -2.10. The third-order valence-corrected chi connectivity index (χ3v) is 5.80. The van der Waals surface area contributed by atoms with E-state index in [1.807, 2.05) is 13.8 Å². The molecule has 3 heterocycles. The van der Waals surface area contributed by atoms with Gasteiger partial charge in [0.15, 0.2) is 5.69 Å². The summed E-state index contributed by atoms with van der Waals surface area (Å²) < 4.78 is 7.67. The van der Waals surface area contributed by atoms with E-state index in [0.717, 1.165) is 29.8 Å². The molecule has 0 saturated heterocycles. The molecule has 0 amide bonds. The van der Waals surface area contributed by atoms with Gasteiger partial charge in [-0.05, 0) is 63.3 Å². The van der Waals surface area contributed by atoms with E-state index in [9.17, 15) is 4.79 Å². The fourth-order valence-electron chi connectivity index (χ4n) is 4.15. The van der Waals surface area contributed by atoms with E-state index in [2.05, 4.69) is 36.4 Å². The minimum atomic E-state index is -0.311. The van der Waals surface area contributed by atoms with Gasteiger partial charge in [-0.15, -0.1) is 0 Å². The van der Waals surface area contributed by atoms with Crippen molar-refractivity contribution in [1.29, 1.82) is 0 Å². The summed E-state index contributed by atoms with van der Waals surface area (Å²) in [6, 6.07) is 2.15. The number of allylic oxidation sites excluding steroid dienone is 2. The van der Waals surface area contributed by atoms with Crippen molar-refractivity contribution in [2.45, 2.75) is 79.7 Å². The van der Waals surface area contributed by atoms with E-state index in [-0.39, 0.29) is 5.97 Å². The van der Waals surface area contributed by atoms with Gasteiger partial charge in [0.1, 0.15) is 0 Å². The summed E-state index contributed by atoms with van der Waals surface area (Å²) in [7, 11) is 0. The highest BCUT2D eigenvalue weighted by Gasteiger charge is 2.28. The molecule has 0 fully saturated rings. The maximum Gasteiger partial charge on any atom is 0.357 e. The van der Waals surface area contributed by atoms with Crippen LogP contribution in [0.5, 0.6) is 0 Å². The van der Waals surface area contributed by atoms with Crippen LogP contribution < -0.4 is 0 Å². The van der Waals surface area contributed by atoms with Crippen molar-refractivity contribution in [2.24, 2.45) is 0 Å². The van der Waals surface area contributed by atoms with Crippen molar-refractivity contribution in [1.82, 2.24) is 9.55 Å². The second-order valence-electron chi connectivity index (χ2n) is 7.70. The molecule has 146 valence electrons. The van der Waals surface area contributed by atoms with Crippen LogP contribution in [0.25, 0.3) is 16.8 Å². The SMILES string of the molecule is CCCCCCCc1c2c(C)c(C(=O)OCC)nc-2cc2n1CC(C)=C2C. The first-order chi connectivity index (χ1) is 13.0. The Bertz CT molecular complexity index is 845. The lowest BCUT2D eigenvalue weighted by molar-refractivity contribution is 0.0519. The molecule has 27 heavy (non-hydrogen) atoms. The van der Waals surface area contributed by atoms with Crippen LogP contribution in [0.15, 0.2) is 11.6 Å². The van der Waals surface area contributed by atoms with Gasteiger partial charge < -0.3 is 9.30 Å². The minimum absolute atomic E-state index is 0.311. The Kier molecular flexibility index (Phi) is 6.03. The number of carbonyl (C=O) groups is 1. The molecule has 0 aliphatic carbocycles. The highest BCUT2D eigenvalue weighted by atomic mass is 16.5. The molecule has 0 bridgehead atoms. The van der Waals surface area contributed by atoms with Gasteiger partial charge in [-0.25, -0.2) is 9.78 Å². The number of carbonyl (C=O) groups excluding carboxylic acids is 1. The van der Waals surface area contributed by atoms with Gasteiger partial charge in [0.2, 0.25) is 0 Å². The Hall–Kier alpha value is -2.10. The Morgan fingerprint density at radius 1 is 1.15 bits per heavy atom. The lowest BCUT2D eigenvalue weighted by Gasteiger charge is -2.19. The molecule has 3 aliphatic rings. The number of esters is 1. The van der Waals surface area contributed by atoms with Crippen LogP contribution in [0.2, 0.25) is 0 Å². The molecule has 0 atom stereocenters. The average molecular weight is 369 g/mol. The molecule has 0 aromatic carbocycles. The molecule has 0 unspecified atom stereocenters. The lowest BCUT2D eigenvalue weighted by atomic mass is 9.98. The van der Waals surface area contributed by atoms with E-state index in [4.69, 9.17) is 4.74 Å². The largest absolute Gasteiger partial charge is 0.461 e. The smallest absolute Gasteiger partial charge is 0.357 e. The zero-order valence-corrected chi connectivity index (χ0v) is 17.4. The average Bonchev–Trinajstić information content (AvgIpc) is 3.12. The van der Waals surface area contributed by atoms with Crippen LogP contribution in [0.1, 0.15) is 87.2 Å². The quantitative estimate of drug-likeness (QED) is 0.437. The molecular weight excluding hydrogens is 336 g/mol. The number of hydrogen-bond acceptors (Lipinski definition) is 3. The number of unbranched alkanes of at least 4 members (excludes halogenated alkanes) is 4. The summed E-state index contributed by atoms with van der Waals surface area (Å²) in [5.41, 5.74) is 8.85. The van der Waals surface area contributed by atoms with E-state index >= 15 is 0 Å². The monoisotopic (exact) mass is 368 g/mol. The fourth-order valence-corrected chi connectivity index (χ4v) is 4.15. The predicted octanol–water partition coefficient (Wildman–Crippen LogP) is 5.79. The van der Waals surface area contributed by atoms with Crippen LogP contribution in [0.4, 0.5) is 0 Å². The second-order valence-corrected chi connectivity index (χ2v) is 7.70. The van der Waals surface area contributed by atoms with Crippen molar-refractivity contribution in [2.75, 3.05) is 6.61 Å². The van der Waals surface area contributed by atoms with Crippen molar-refractivity contribution < 1.29 is 9.53 Å². The van der Waals surface area contributed by atoms with Crippen molar-refractivity contribution in [3.8, 4) is 11.3 Å². The Morgan fingerprint density at radius 3 is 2.59 bits per heavy atom. The molecule has 4 heteroatoms. The van der Waals surface area contributed by atoms with Gasteiger partial charge in [0.05, 0.1) is 12.3 Å². The van der Waals surface area contributed by atoms with Gasteiger partial charge in [-0.3, -0.25) is 0 Å². The molecule has 0 aromatic heterocycles. The minimum Gasteiger partial charge on any atom is -0.461 e. The second kappa shape index (κ2) is 8.28. The topological polar surface area (TPSA) is 44.1 Å². The molecule has 0 aromatic rings. The molecule has 0 spiro atoms. The summed E-state index contributed by atoms with van der Waals surface area (Å²) in [4.78, 5) is 17.0. The highest BCUT2D eigenvalue weighted by Crippen LogP contribution is 2.39. The third-order valence-electron chi connectivity index (χ3n) is 5.80. The van der Waals surface area contributed by atoms with E-state index < -0.39 is 0 Å². The zero-order chi connectivity index (χ0) is 19.6. The number of fused-ring (bicyclic) bond motifs is 2. The van der Waals surface area contributed by atoms with Crippen molar-refractivity contribution in [3.05, 3.63) is 34.3 Å². The Balaban J connectivity index is 2.03. The van der Waals surface area contributed by atoms with E-state index in [1.54, 1.807) is 0 Å². The molecule has 0 N–H and O–H groups in total. The van der Waals surface area contributed by atoms with Gasteiger partial charge in [0, 0.05) is 23.5 Å². The normalized spacial score (nSPS) is 13.5. The number of pyridine rings is 1. The summed E-state index contributed by atoms with van der Waals surface area (Å²) in [5, 5.41) is 0. The number of rotatable bonds is 8. The van der Waals surface area contributed by atoms with Gasteiger partial charge in [-0.1, -0.05) is 32.6 Å². The summed E-state index contributed by atoms with van der Waals surface area (Å²) in [5.74, 6) is -0.311. The third kappa shape index (κ3) is 3.67. The van der Waals surface area contributed by atoms with Crippen LogP contribution in [0.3, 0.4) is 0 Å².